The molecular weight excluding hydrogens is 288 g/mol. The predicted octanol–water partition coefficient (Wildman–Crippen LogP) is 2.81. The molecule has 0 atom stereocenters. The molecule has 2 N–H and O–H groups in total. The number of para-hydroxylation sites is 1. The molecule has 0 radical (unpaired) electrons. The van der Waals surface area contributed by atoms with Crippen molar-refractivity contribution in [3.63, 3.8) is 0 Å². The second kappa shape index (κ2) is 5.97. The maximum atomic E-state index is 12.2. The van der Waals surface area contributed by atoms with Gasteiger partial charge < -0.3 is 5.32 Å². The van der Waals surface area contributed by atoms with Crippen LogP contribution in [0.5, 0.6) is 0 Å². The molecule has 0 aliphatic carbocycles. The summed E-state index contributed by atoms with van der Waals surface area (Å²) in [6.07, 6.45) is 0. The van der Waals surface area contributed by atoms with Crippen LogP contribution in [0.3, 0.4) is 0 Å². The molecule has 0 unspecified atom stereocenters. The number of hydrogen-bond acceptors (Lipinski definition) is 3. The fraction of sp³-hybridized carbons (Fsp3) is 0.133. The molecule has 0 saturated carbocycles. The van der Waals surface area contributed by atoms with E-state index in [4.69, 9.17) is 0 Å². The average Bonchev–Trinajstić information content (AvgIpc) is 2.38. The molecule has 0 saturated heterocycles. The Bertz CT molecular complexity index is 756. The number of urea groups is 1. The standard InChI is InChI=1S/C15H16N2O3S/c1-11-8-9-14(12(2)10-11)21(19,20)17-15(18)16-13-6-4-3-5-7-13/h3-10H,1-2H3,(H2,16,17,18). The van der Waals surface area contributed by atoms with Crippen molar-refractivity contribution >= 4 is 21.7 Å². The van der Waals surface area contributed by atoms with Gasteiger partial charge >= 0.3 is 6.03 Å². The second-order valence-electron chi connectivity index (χ2n) is 4.69. The maximum absolute atomic E-state index is 12.2. The van der Waals surface area contributed by atoms with Gasteiger partial charge in [0.1, 0.15) is 0 Å². The Labute approximate surface area is 124 Å². The van der Waals surface area contributed by atoms with E-state index in [1.165, 1.54) is 6.07 Å². The summed E-state index contributed by atoms with van der Waals surface area (Å²) >= 11 is 0. The number of amides is 2. The summed E-state index contributed by atoms with van der Waals surface area (Å²) in [5, 5.41) is 2.47. The van der Waals surface area contributed by atoms with Crippen molar-refractivity contribution in [2.45, 2.75) is 18.7 Å². The Morgan fingerprint density at radius 2 is 1.67 bits per heavy atom. The molecule has 2 rings (SSSR count). The van der Waals surface area contributed by atoms with Crippen molar-refractivity contribution < 1.29 is 13.2 Å². The number of sulfonamides is 1. The maximum Gasteiger partial charge on any atom is 0.333 e. The van der Waals surface area contributed by atoms with Crippen molar-refractivity contribution in [3.05, 3.63) is 59.7 Å². The van der Waals surface area contributed by atoms with Crippen LogP contribution in [0.1, 0.15) is 11.1 Å². The zero-order chi connectivity index (χ0) is 15.5. The van der Waals surface area contributed by atoms with Crippen LogP contribution in [0.15, 0.2) is 53.4 Å². The Morgan fingerprint density at radius 3 is 2.29 bits per heavy atom. The molecule has 6 heteroatoms. The van der Waals surface area contributed by atoms with Gasteiger partial charge in [-0.2, -0.15) is 0 Å². The molecule has 2 amide bonds. The Morgan fingerprint density at radius 1 is 1.00 bits per heavy atom. The molecular formula is C15H16N2O3S. The monoisotopic (exact) mass is 304 g/mol. The van der Waals surface area contributed by atoms with E-state index >= 15 is 0 Å². The minimum atomic E-state index is -3.89. The van der Waals surface area contributed by atoms with Crippen LogP contribution >= 0.6 is 0 Å². The van der Waals surface area contributed by atoms with Gasteiger partial charge in [-0.05, 0) is 37.6 Å². The van der Waals surface area contributed by atoms with Crippen LogP contribution in [0.25, 0.3) is 0 Å². The fourth-order valence-electron chi connectivity index (χ4n) is 1.96. The topological polar surface area (TPSA) is 75.3 Å². The van der Waals surface area contributed by atoms with Crippen LogP contribution < -0.4 is 10.0 Å². The number of aryl methyl sites for hydroxylation is 2. The smallest absolute Gasteiger partial charge is 0.307 e. The van der Waals surface area contributed by atoms with Crippen LogP contribution in [-0.2, 0) is 10.0 Å². The van der Waals surface area contributed by atoms with Crippen molar-refractivity contribution in [3.8, 4) is 0 Å². The molecule has 21 heavy (non-hydrogen) atoms. The molecule has 2 aromatic rings. The number of rotatable bonds is 3. The van der Waals surface area contributed by atoms with E-state index in [0.717, 1.165) is 5.56 Å². The molecule has 2 aromatic carbocycles. The van der Waals surface area contributed by atoms with Gasteiger partial charge in [-0.25, -0.2) is 17.9 Å². The number of benzene rings is 2. The molecule has 0 spiro atoms. The largest absolute Gasteiger partial charge is 0.333 e. The highest BCUT2D eigenvalue weighted by Crippen LogP contribution is 2.16. The quantitative estimate of drug-likeness (QED) is 0.915. The third-order valence-electron chi connectivity index (χ3n) is 2.88. The average molecular weight is 304 g/mol. The molecule has 0 bridgehead atoms. The van der Waals surface area contributed by atoms with Crippen molar-refractivity contribution in [1.29, 1.82) is 0 Å². The van der Waals surface area contributed by atoms with E-state index in [1.54, 1.807) is 49.4 Å². The lowest BCUT2D eigenvalue weighted by Crippen LogP contribution is -2.34. The van der Waals surface area contributed by atoms with Crippen LogP contribution in [0.4, 0.5) is 10.5 Å². The van der Waals surface area contributed by atoms with E-state index in [2.05, 4.69) is 5.32 Å². The zero-order valence-corrected chi connectivity index (χ0v) is 12.6. The lowest BCUT2D eigenvalue weighted by atomic mass is 10.2. The lowest BCUT2D eigenvalue weighted by Gasteiger charge is -2.11. The fourth-order valence-corrected chi connectivity index (χ4v) is 3.09. The summed E-state index contributed by atoms with van der Waals surface area (Å²) in [5.41, 5.74) is 2.07. The first kappa shape index (κ1) is 15.1. The molecule has 0 fully saturated rings. The van der Waals surface area contributed by atoms with Crippen molar-refractivity contribution in [2.75, 3.05) is 5.32 Å². The molecule has 0 aliphatic heterocycles. The molecule has 0 aromatic heterocycles. The van der Waals surface area contributed by atoms with Crippen LogP contribution in [-0.4, -0.2) is 14.4 Å². The van der Waals surface area contributed by atoms with E-state index in [0.29, 0.717) is 11.3 Å². The van der Waals surface area contributed by atoms with Gasteiger partial charge in [-0.3, -0.25) is 0 Å². The van der Waals surface area contributed by atoms with Gasteiger partial charge in [-0.15, -0.1) is 0 Å². The Kier molecular flexibility index (Phi) is 4.28. The Balaban J connectivity index is 2.16. The first-order valence-corrected chi connectivity index (χ1v) is 7.83. The summed E-state index contributed by atoms with van der Waals surface area (Å²) in [6, 6.07) is 12.8. The van der Waals surface area contributed by atoms with Gasteiger partial charge in [0.2, 0.25) is 0 Å². The summed E-state index contributed by atoms with van der Waals surface area (Å²) in [7, 11) is -3.89. The third-order valence-corrected chi connectivity index (χ3v) is 4.37. The number of anilines is 1. The molecule has 0 heterocycles. The summed E-state index contributed by atoms with van der Waals surface area (Å²) in [5.74, 6) is 0. The van der Waals surface area contributed by atoms with Crippen LogP contribution in [0, 0.1) is 13.8 Å². The summed E-state index contributed by atoms with van der Waals surface area (Å²) in [6.45, 7) is 3.57. The molecule has 110 valence electrons. The zero-order valence-electron chi connectivity index (χ0n) is 11.8. The predicted molar refractivity (Wildman–Crippen MR) is 81.7 cm³/mol. The lowest BCUT2D eigenvalue weighted by molar-refractivity contribution is 0.256. The summed E-state index contributed by atoms with van der Waals surface area (Å²) < 4.78 is 26.4. The number of carbonyl (C=O) groups is 1. The minimum absolute atomic E-state index is 0.0938. The van der Waals surface area contributed by atoms with Gasteiger partial charge in [0.15, 0.2) is 0 Å². The van der Waals surface area contributed by atoms with Gasteiger partial charge in [0.05, 0.1) is 4.90 Å². The molecule has 0 aliphatic rings. The first-order chi connectivity index (χ1) is 9.88. The van der Waals surface area contributed by atoms with Crippen molar-refractivity contribution in [2.24, 2.45) is 0 Å². The van der Waals surface area contributed by atoms with Gasteiger partial charge in [0, 0.05) is 5.69 Å². The Hall–Kier alpha value is -2.34. The summed E-state index contributed by atoms with van der Waals surface area (Å²) in [4.78, 5) is 11.9. The number of hydrogen-bond donors (Lipinski definition) is 2. The normalized spacial score (nSPS) is 11.0. The highest BCUT2D eigenvalue weighted by atomic mass is 32.2. The minimum Gasteiger partial charge on any atom is -0.307 e. The van der Waals surface area contributed by atoms with E-state index < -0.39 is 16.1 Å². The van der Waals surface area contributed by atoms with Crippen LogP contribution in [0.2, 0.25) is 0 Å². The first-order valence-electron chi connectivity index (χ1n) is 6.34. The highest BCUT2D eigenvalue weighted by Gasteiger charge is 2.19. The van der Waals surface area contributed by atoms with Gasteiger partial charge in [-0.1, -0.05) is 35.9 Å². The van der Waals surface area contributed by atoms with E-state index in [1.807, 2.05) is 11.6 Å². The van der Waals surface area contributed by atoms with E-state index in [-0.39, 0.29) is 4.90 Å². The third kappa shape index (κ3) is 3.82. The van der Waals surface area contributed by atoms with E-state index in [9.17, 15) is 13.2 Å². The van der Waals surface area contributed by atoms with Crippen molar-refractivity contribution in [1.82, 2.24) is 4.72 Å². The number of carbonyl (C=O) groups excluding carboxylic acids is 1. The molecule has 5 nitrogen and oxygen atoms in total. The number of nitrogens with one attached hydrogen (secondary N) is 2. The second-order valence-corrected chi connectivity index (χ2v) is 6.35. The van der Waals surface area contributed by atoms with Gasteiger partial charge in [0.25, 0.3) is 10.0 Å². The highest BCUT2D eigenvalue weighted by molar-refractivity contribution is 7.90. The SMILES string of the molecule is Cc1ccc(S(=O)(=O)NC(=O)Nc2ccccc2)c(C)c1.